The van der Waals surface area contributed by atoms with Crippen molar-refractivity contribution in [2.75, 3.05) is 6.54 Å². The second kappa shape index (κ2) is 13.6. The van der Waals surface area contributed by atoms with E-state index in [1.54, 1.807) is 41.1 Å². The van der Waals surface area contributed by atoms with Crippen LogP contribution in [0.25, 0.3) is 5.69 Å². The molecular weight excluding hydrogens is 610 g/mol. The normalized spacial score (nSPS) is 11.5. The van der Waals surface area contributed by atoms with Crippen molar-refractivity contribution in [3.05, 3.63) is 112 Å². The van der Waals surface area contributed by atoms with Crippen LogP contribution >= 0.6 is 0 Å². The molecule has 0 bridgehead atoms. The molecule has 44 heavy (non-hydrogen) atoms. The Morgan fingerprint density at radius 1 is 0.773 bits per heavy atom. The van der Waals surface area contributed by atoms with Crippen molar-refractivity contribution < 1.29 is 54.3 Å². The highest BCUT2D eigenvalue weighted by atomic mass is 19.4. The summed E-state index contributed by atoms with van der Waals surface area (Å²) in [6.07, 6.45) is -4.61. The zero-order chi connectivity index (χ0) is 32.0. The molecule has 0 saturated carbocycles. The maximum atomic E-state index is 13.9. The summed E-state index contributed by atoms with van der Waals surface area (Å²) in [5.41, 5.74) is 0.869. The van der Waals surface area contributed by atoms with Crippen LogP contribution in [0, 0.1) is 29.1 Å². The number of benzene rings is 3. The molecule has 0 aliphatic carbocycles. The van der Waals surface area contributed by atoms with E-state index in [-0.39, 0.29) is 30.2 Å². The molecular formula is C27H19F8N5O4. The van der Waals surface area contributed by atoms with Crippen molar-refractivity contribution in [2.45, 2.75) is 26.0 Å². The molecule has 0 unspecified atom stereocenters. The molecule has 4 aromatic rings. The summed E-state index contributed by atoms with van der Waals surface area (Å²) in [6.45, 7) is -3.02. The molecule has 0 spiro atoms. The number of nitrogens with zero attached hydrogens (tertiary/aromatic N) is 3. The molecule has 2 amide bonds. The smallest absolute Gasteiger partial charge is 0.370 e. The molecule has 1 aromatic heterocycles. The zero-order valence-electron chi connectivity index (χ0n) is 22.0. The third-order valence-corrected chi connectivity index (χ3v) is 5.83. The Bertz CT molecular complexity index is 1620. The van der Waals surface area contributed by atoms with E-state index in [2.05, 4.69) is 10.3 Å². The van der Waals surface area contributed by atoms with Gasteiger partial charge in [-0.3, -0.25) is 14.4 Å². The Hall–Kier alpha value is -4.90. The van der Waals surface area contributed by atoms with Crippen LogP contribution in [-0.4, -0.2) is 39.5 Å². The topological polar surface area (TPSA) is 107 Å². The van der Waals surface area contributed by atoms with E-state index in [1.807, 2.05) is 0 Å². The van der Waals surface area contributed by atoms with Gasteiger partial charge in [-0.25, -0.2) is 32.1 Å². The maximum Gasteiger partial charge on any atom is 0.405 e. The van der Waals surface area contributed by atoms with Gasteiger partial charge < -0.3 is 10.1 Å². The number of hydrogen-bond donors (Lipinski definition) is 2. The molecule has 0 aliphatic rings. The quantitative estimate of drug-likeness (QED) is 0.107. The average molecular weight is 629 g/mol. The number of nitrogens with one attached hydrogen (secondary N) is 2. The molecule has 0 fully saturated rings. The van der Waals surface area contributed by atoms with Gasteiger partial charge in [0.05, 0.1) is 24.5 Å². The van der Waals surface area contributed by atoms with Gasteiger partial charge in [0.2, 0.25) is 5.82 Å². The first-order valence-corrected chi connectivity index (χ1v) is 12.3. The molecule has 2 N–H and O–H groups in total. The molecule has 0 aliphatic heterocycles. The van der Waals surface area contributed by atoms with Crippen molar-refractivity contribution >= 4 is 11.8 Å². The third-order valence-electron chi connectivity index (χ3n) is 5.83. The Balaban J connectivity index is 1.53. The van der Waals surface area contributed by atoms with Crippen molar-refractivity contribution in [2.24, 2.45) is 0 Å². The highest BCUT2D eigenvalue weighted by molar-refractivity contribution is 5.94. The van der Waals surface area contributed by atoms with Gasteiger partial charge in [0.25, 0.3) is 11.8 Å². The monoisotopic (exact) mass is 629 g/mol. The van der Waals surface area contributed by atoms with Gasteiger partial charge in [-0.1, -0.05) is 35.5 Å². The van der Waals surface area contributed by atoms with Crippen LogP contribution in [0.3, 0.4) is 0 Å². The number of hydroxylamine groups is 1. The van der Waals surface area contributed by atoms with Gasteiger partial charge in [-0.05, 0) is 29.8 Å². The fourth-order valence-corrected chi connectivity index (χ4v) is 3.69. The van der Waals surface area contributed by atoms with Crippen molar-refractivity contribution in [1.29, 1.82) is 0 Å². The number of alkyl halides is 3. The molecule has 17 heteroatoms. The summed E-state index contributed by atoms with van der Waals surface area (Å²) in [4.78, 5) is 29.6. The average Bonchev–Trinajstić information content (AvgIpc) is 3.43. The van der Waals surface area contributed by atoms with E-state index < -0.39 is 71.5 Å². The number of carbonyl (C=O) groups is 2. The second-order valence-electron chi connectivity index (χ2n) is 8.89. The number of hydrogen-bond acceptors (Lipinski definition) is 6. The lowest BCUT2D eigenvalue weighted by molar-refractivity contribution is -0.123. The first-order chi connectivity index (χ1) is 20.9. The standard InChI is InChI=1S/C27H19F8N5O4/c28-19-17(20(29)22(31)23(32)21(19)30)11-44-38-26(42)24-18(12-43-10-14-4-2-1-3-5-14)40(39-37-24)16-8-6-15(7-9-16)25(41)36-13-27(33,34)35/h1-9H,10-13H2,(H,36,41)(H,38,42). The highest BCUT2D eigenvalue weighted by Crippen LogP contribution is 2.24. The Kier molecular flexibility index (Phi) is 9.90. The van der Waals surface area contributed by atoms with Crippen LogP contribution in [-0.2, 0) is 29.4 Å². The largest absolute Gasteiger partial charge is 0.405 e. The van der Waals surface area contributed by atoms with Crippen molar-refractivity contribution in [1.82, 2.24) is 25.8 Å². The van der Waals surface area contributed by atoms with Crippen molar-refractivity contribution in [3.8, 4) is 5.69 Å². The molecule has 0 radical (unpaired) electrons. The highest BCUT2D eigenvalue weighted by Gasteiger charge is 2.29. The SMILES string of the molecule is O=C(NCC(F)(F)F)c1ccc(-n2nnc(C(=O)NOCc3c(F)c(F)c(F)c(F)c3F)c2COCc2ccccc2)cc1. The van der Waals surface area contributed by atoms with E-state index >= 15 is 0 Å². The molecule has 4 rings (SSSR count). The number of ether oxygens (including phenoxy) is 1. The number of amides is 2. The first-order valence-electron chi connectivity index (χ1n) is 12.3. The van der Waals surface area contributed by atoms with Gasteiger partial charge >= 0.3 is 6.18 Å². The predicted molar refractivity (Wildman–Crippen MR) is 133 cm³/mol. The predicted octanol–water partition coefficient (Wildman–Crippen LogP) is 4.83. The molecule has 0 atom stereocenters. The van der Waals surface area contributed by atoms with Crippen LogP contribution in [0.5, 0.6) is 0 Å². The van der Waals surface area contributed by atoms with Crippen LogP contribution in [0.15, 0.2) is 54.6 Å². The lowest BCUT2D eigenvalue weighted by Crippen LogP contribution is -2.33. The number of halogens is 8. The Morgan fingerprint density at radius 2 is 1.39 bits per heavy atom. The number of carbonyl (C=O) groups excluding carboxylic acids is 2. The summed E-state index contributed by atoms with van der Waals surface area (Å²) in [5, 5.41) is 9.34. The molecule has 1 heterocycles. The van der Waals surface area contributed by atoms with Crippen molar-refractivity contribution in [3.63, 3.8) is 0 Å². The first kappa shape index (κ1) is 32.0. The zero-order valence-corrected chi connectivity index (χ0v) is 22.0. The van der Waals surface area contributed by atoms with E-state index in [0.717, 1.165) is 10.2 Å². The van der Waals surface area contributed by atoms with E-state index in [0.29, 0.717) is 0 Å². The summed E-state index contributed by atoms with van der Waals surface area (Å²) >= 11 is 0. The van der Waals surface area contributed by atoms with Gasteiger partial charge in [0.1, 0.15) is 18.8 Å². The van der Waals surface area contributed by atoms with E-state index in [4.69, 9.17) is 9.57 Å². The van der Waals surface area contributed by atoms with E-state index in [1.165, 1.54) is 24.3 Å². The molecule has 0 saturated heterocycles. The summed E-state index contributed by atoms with van der Waals surface area (Å²) in [7, 11) is 0. The number of aromatic nitrogens is 3. The molecule has 9 nitrogen and oxygen atoms in total. The van der Waals surface area contributed by atoms with Crippen LogP contribution in [0.4, 0.5) is 35.1 Å². The van der Waals surface area contributed by atoms with Gasteiger partial charge in [-0.2, -0.15) is 13.2 Å². The molecule has 232 valence electrons. The Labute approximate surface area is 242 Å². The lowest BCUT2D eigenvalue weighted by Gasteiger charge is -2.11. The van der Waals surface area contributed by atoms with Crippen LogP contribution in [0.2, 0.25) is 0 Å². The fourth-order valence-electron chi connectivity index (χ4n) is 3.69. The van der Waals surface area contributed by atoms with Gasteiger partial charge in [-0.15, -0.1) is 5.10 Å². The molecule has 3 aromatic carbocycles. The lowest BCUT2D eigenvalue weighted by atomic mass is 10.2. The van der Waals surface area contributed by atoms with Crippen LogP contribution in [0.1, 0.15) is 37.7 Å². The second-order valence-corrected chi connectivity index (χ2v) is 8.89. The maximum absolute atomic E-state index is 13.9. The van der Waals surface area contributed by atoms with Crippen LogP contribution < -0.4 is 10.8 Å². The Morgan fingerprint density at radius 3 is 2.00 bits per heavy atom. The van der Waals surface area contributed by atoms with Gasteiger partial charge in [0, 0.05) is 5.56 Å². The summed E-state index contributed by atoms with van der Waals surface area (Å²) in [6, 6.07) is 13.8. The minimum Gasteiger partial charge on any atom is -0.370 e. The summed E-state index contributed by atoms with van der Waals surface area (Å²) < 4.78 is 112. The number of rotatable bonds is 11. The summed E-state index contributed by atoms with van der Waals surface area (Å²) in [5.74, 6) is -13.2. The van der Waals surface area contributed by atoms with Gasteiger partial charge in [0.15, 0.2) is 29.0 Å². The fraction of sp³-hybridized carbons (Fsp3) is 0.185. The minimum absolute atomic E-state index is 0.00691. The third kappa shape index (κ3) is 7.54. The minimum atomic E-state index is -4.61. The van der Waals surface area contributed by atoms with E-state index in [9.17, 15) is 44.7 Å².